The lowest BCUT2D eigenvalue weighted by atomic mass is 10.1. The number of allylic oxidation sites excluding steroid dienone is 4. The Morgan fingerprint density at radius 3 is 2.41 bits per heavy atom. The van der Waals surface area contributed by atoms with E-state index in [2.05, 4.69) is 70.4 Å². The molecule has 0 saturated heterocycles. The standard InChI is InChI=1S/C20H28N2/c1-14(2)8-7-9-15(3)10-11-22-18(6)21-19-12-16(4)17(5)13-20(19)22/h8,10,12-13H,7,9,11H2,1-6H3. The van der Waals surface area contributed by atoms with Gasteiger partial charge in [0.05, 0.1) is 11.0 Å². The van der Waals surface area contributed by atoms with E-state index in [1.165, 1.54) is 27.8 Å². The van der Waals surface area contributed by atoms with Gasteiger partial charge in [0.2, 0.25) is 0 Å². The van der Waals surface area contributed by atoms with Crippen molar-refractivity contribution in [3.8, 4) is 0 Å². The third-order valence-corrected chi connectivity index (χ3v) is 4.27. The van der Waals surface area contributed by atoms with E-state index in [1.54, 1.807) is 0 Å². The molecule has 0 fully saturated rings. The lowest BCUT2D eigenvalue weighted by Crippen LogP contribution is -1.99. The molecule has 2 rings (SSSR count). The minimum atomic E-state index is 0.908. The van der Waals surface area contributed by atoms with Crippen LogP contribution in [-0.2, 0) is 6.54 Å². The third kappa shape index (κ3) is 3.88. The van der Waals surface area contributed by atoms with Gasteiger partial charge in [-0.2, -0.15) is 0 Å². The number of hydrogen-bond acceptors (Lipinski definition) is 1. The van der Waals surface area contributed by atoms with Gasteiger partial charge in [0.25, 0.3) is 0 Å². The SMILES string of the molecule is CC(C)=CCCC(C)=CCn1c(C)nc2cc(C)c(C)cc21. The van der Waals surface area contributed by atoms with Crippen LogP contribution >= 0.6 is 0 Å². The Labute approximate surface area is 134 Å². The van der Waals surface area contributed by atoms with Crippen molar-refractivity contribution in [1.29, 1.82) is 0 Å². The number of aryl methyl sites for hydroxylation is 3. The highest BCUT2D eigenvalue weighted by molar-refractivity contribution is 5.78. The van der Waals surface area contributed by atoms with Gasteiger partial charge in [-0.3, -0.25) is 0 Å². The van der Waals surface area contributed by atoms with Crippen molar-refractivity contribution in [2.75, 3.05) is 0 Å². The van der Waals surface area contributed by atoms with Crippen LogP contribution in [0.3, 0.4) is 0 Å². The summed E-state index contributed by atoms with van der Waals surface area (Å²) in [6.45, 7) is 13.9. The zero-order valence-electron chi connectivity index (χ0n) is 14.8. The van der Waals surface area contributed by atoms with Crippen LogP contribution in [0.15, 0.2) is 35.4 Å². The number of imidazole rings is 1. The monoisotopic (exact) mass is 296 g/mol. The minimum Gasteiger partial charge on any atom is -0.324 e. The summed E-state index contributed by atoms with van der Waals surface area (Å²) in [5, 5.41) is 0. The molecule has 2 heteroatoms. The van der Waals surface area contributed by atoms with Gasteiger partial charge in [-0.1, -0.05) is 23.3 Å². The van der Waals surface area contributed by atoms with E-state index in [4.69, 9.17) is 4.98 Å². The normalized spacial score (nSPS) is 12.0. The van der Waals surface area contributed by atoms with E-state index in [1.807, 2.05) is 0 Å². The first-order chi connectivity index (χ1) is 10.4. The number of fused-ring (bicyclic) bond motifs is 1. The molecule has 0 aliphatic carbocycles. The van der Waals surface area contributed by atoms with Crippen LogP contribution in [-0.4, -0.2) is 9.55 Å². The second-order valence-electron chi connectivity index (χ2n) is 6.57. The first-order valence-electron chi connectivity index (χ1n) is 8.11. The van der Waals surface area contributed by atoms with Gasteiger partial charge in [0.1, 0.15) is 5.82 Å². The maximum Gasteiger partial charge on any atom is 0.107 e. The molecule has 0 N–H and O–H groups in total. The number of benzene rings is 1. The van der Waals surface area contributed by atoms with Crippen molar-refractivity contribution in [3.63, 3.8) is 0 Å². The molecular weight excluding hydrogens is 268 g/mol. The predicted molar refractivity (Wildman–Crippen MR) is 96.4 cm³/mol. The predicted octanol–water partition coefficient (Wildman–Crippen LogP) is 5.65. The molecule has 0 unspecified atom stereocenters. The molecule has 0 bridgehead atoms. The van der Waals surface area contributed by atoms with Gasteiger partial charge in [-0.05, 0) is 77.6 Å². The highest BCUT2D eigenvalue weighted by Gasteiger charge is 2.08. The van der Waals surface area contributed by atoms with Crippen LogP contribution in [0.5, 0.6) is 0 Å². The molecule has 118 valence electrons. The molecule has 0 radical (unpaired) electrons. The van der Waals surface area contributed by atoms with Crippen molar-refractivity contribution in [3.05, 3.63) is 52.4 Å². The Hall–Kier alpha value is -1.83. The third-order valence-electron chi connectivity index (χ3n) is 4.27. The first-order valence-corrected chi connectivity index (χ1v) is 8.11. The minimum absolute atomic E-state index is 0.908. The summed E-state index contributed by atoms with van der Waals surface area (Å²) >= 11 is 0. The Bertz CT molecular complexity index is 726. The Kier molecular flexibility index (Phi) is 5.23. The molecular formula is C20H28N2. The van der Waals surface area contributed by atoms with Crippen LogP contribution < -0.4 is 0 Å². The second kappa shape index (κ2) is 6.95. The summed E-state index contributed by atoms with van der Waals surface area (Å²) in [5.74, 6) is 1.09. The van der Waals surface area contributed by atoms with Gasteiger partial charge >= 0.3 is 0 Å². The van der Waals surface area contributed by atoms with Crippen molar-refractivity contribution in [2.24, 2.45) is 0 Å². The summed E-state index contributed by atoms with van der Waals surface area (Å²) < 4.78 is 2.31. The molecule has 1 heterocycles. The Morgan fingerprint density at radius 1 is 1.05 bits per heavy atom. The molecule has 0 aliphatic heterocycles. The van der Waals surface area contributed by atoms with Gasteiger partial charge in [-0.15, -0.1) is 0 Å². The van der Waals surface area contributed by atoms with Crippen LogP contribution in [0, 0.1) is 20.8 Å². The maximum absolute atomic E-state index is 4.70. The average Bonchev–Trinajstić information content (AvgIpc) is 2.72. The molecule has 1 aromatic carbocycles. The summed E-state index contributed by atoms with van der Waals surface area (Å²) in [4.78, 5) is 4.70. The van der Waals surface area contributed by atoms with Crippen molar-refractivity contribution < 1.29 is 0 Å². The van der Waals surface area contributed by atoms with Gasteiger partial charge in [0, 0.05) is 6.54 Å². The van der Waals surface area contributed by atoms with E-state index in [0.29, 0.717) is 0 Å². The van der Waals surface area contributed by atoms with Crippen LogP contribution in [0.25, 0.3) is 11.0 Å². The summed E-state index contributed by atoms with van der Waals surface area (Å²) in [7, 11) is 0. The molecule has 2 nitrogen and oxygen atoms in total. The first kappa shape index (κ1) is 16.5. The number of rotatable bonds is 5. The molecule has 0 spiro atoms. The Morgan fingerprint density at radius 2 is 1.73 bits per heavy atom. The van der Waals surface area contributed by atoms with Crippen LogP contribution in [0.1, 0.15) is 50.6 Å². The van der Waals surface area contributed by atoms with E-state index < -0.39 is 0 Å². The van der Waals surface area contributed by atoms with Gasteiger partial charge in [-0.25, -0.2) is 4.98 Å². The smallest absolute Gasteiger partial charge is 0.107 e. The van der Waals surface area contributed by atoms with E-state index in [9.17, 15) is 0 Å². The van der Waals surface area contributed by atoms with Crippen LogP contribution in [0.4, 0.5) is 0 Å². The number of nitrogens with zero attached hydrogens (tertiary/aromatic N) is 2. The maximum atomic E-state index is 4.70. The fourth-order valence-corrected chi connectivity index (χ4v) is 2.67. The summed E-state index contributed by atoms with van der Waals surface area (Å²) in [6, 6.07) is 4.45. The fraction of sp³-hybridized carbons (Fsp3) is 0.450. The van der Waals surface area contributed by atoms with E-state index in [0.717, 1.165) is 30.7 Å². The van der Waals surface area contributed by atoms with Crippen molar-refractivity contribution in [2.45, 2.75) is 60.9 Å². The van der Waals surface area contributed by atoms with Crippen molar-refractivity contribution >= 4 is 11.0 Å². The Balaban J connectivity index is 2.19. The van der Waals surface area contributed by atoms with Gasteiger partial charge < -0.3 is 4.57 Å². The molecule has 2 aromatic rings. The largest absolute Gasteiger partial charge is 0.324 e. The molecule has 22 heavy (non-hydrogen) atoms. The fourth-order valence-electron chi connectivity index (χ4n) is 2.67. The number of aromatic nitrogens is 2. The zero-order valence-corrected chi connectivity index (χ0v) is 14.8. The van der Waals surface area contributed by atoms with Crippen molar-refractivity contribution in [1.82, 2.24) is 9.55 Å². The average molecular weight is 296 g/mol. The topological polar surface area (TPSA) is 17.8 Å². The molecule has 0 atom stereocenters. The summed E-state index contributed by atoms with van der Waals surface area (Å²) in [5.41, 5.74) is 7.84. The van der Waals surface area contributed by atoms with Gasteiger partial charge in [0.15, 0.2) is 0 Å². The molecule has 0 aliphatic rings. The molecule has 1 aromatic heterocycles. The zero-order chi connectivity index (χ0) is 16.3. The van der Waals surface area contributed by atoms with Crippen LogP contribution in [0.2, 0.25) is 0 Å². The molecule has 0 amide bonds. The lowest BCUT2D eigenvalue weighted by Gasteiger charge is -2.06. The molecule has 0 saturated carbocycles. The summed E-state index contributed by atoms with van der Waals surface area (Å²) in [6.07, 6.45) is 6.91. The van der Waals surface area contributed by atoms with E-state index >= 15 is 0 Å². The number of hydrogen-bond donors (Lipinski definition) is 0. The lowest BCUT2D eigenvalue weighted by molar-refractivity contribution is 0.793. The quantitative estimate of drug-likeness (QED) is 0.651. The van der Waals surface area contributed by atoms with E-state index in [-0.39, 0.29) is 0 Å². The second-order valence-corrected chi connectivity index (χ2v) is 6.57. The highest BCUT2D eigenvalue weighted by Crippen LogP contribution is 2.21. The highest BCUT2D eigenvalue weighted by atomic mass is 15.1.